The van der Waals surface area contributed by atoms with Gasteiger partial charge in [-0.05, 0) is 12.1 Å². The van der Waals surface area contributed by atoms with Gasteiger partial charge in [-0.2, -0.15) is 0 Å². The van der Waals surface area contributed by atoms with Crippen molar-refractivity contribution >= 4 is 16.9 Å². The number of rotatable bonds is 3. The maximum absolute atomic E-state index is 11.1. The van der Waals surface area contributed by atoms with Crippen LogP contribution in [0.2, 0.25) is 0 Å². The zero-order valence-electron chi connectivity index (χ0n) is 9.78. The van der Waals surface area contributed by atoms with E-state index < -0.39 is 18.2 Å². The van der Waals surface area contributed by atoms with E-state index in [0.717, 1.165) is 12.5 Å². The predicted molar refractivity (Wildman–Crippen MR) is 64.7 cm³/mol. The number of hydrogen-bond donors (Lipinski definition) is 2. The second-order valence-electron chi connectivity index (χ2n) is 3.84. The smallest absolute Gasteiger partial charge is 0.337 e. The summed E-state index contributed by atoms with van der Waals surface area (Å²) >= 11 is 0. The number of carbonyl (C=O) groups is 1. The van der Waals surface area contributed by atoms with E-state index in [9.17, 15) is 15.0 Å². The van der Waals surface area contributed by atoms with E-state index in [1.807, 2.05) is 18.2 Å². The molecule has 2 rings (SSSR count). The molecule has 0 spiro atoms. The van der Waals surface area contributed by atoms with Crippen LogP contribution in [0.1, 0.15) is 11.8 Å². The molecule has 18 heavy (non-hydrogen) atoms. The van der Waals surface area contributed by atoms with E-state index in [4.69, 9.17) is 0 Å². The number of esters is 1. The van der Waals surface area contributed by atoms with Crippen LogP contribution in [-0.4, -0.2) is 34.4 Å². The summed E-state index contributed by atoms with van der Waals surface area (Å²) < 4.78 is 4.37. The first-order chi connectivity index (χ1) is 8.63. The first-order valence-electron chi connectivity index (χ1n) is 5.43. The van der Waals surface area contributed by atoms with Gasteiger partial charge in [0.2, 0.25) is 0 Å². The van der Waals surface area contributed by atoms with Crippen LogP contribution in [0, 0.1) is 0 Å². The monoisotopic (exact) mass is 247 g/mol. The molecule has 2 unspecified atom stereocenters. The molecule has 5 nitrogen and oxygen atoms in total. The molecule has 0 aliphatic rings. The van der Waals surface area contributed by atoms with Gasteiger partial charge in [-0.15, -0.1) is 0 Å². The van der Waals surface area contributed by atoms with Crippen LogP contribution in [0.15, 0.2) is 36.4 Å². The minimum absolute atomic E-state index is 0.228. The molecule has 0 bridgehead atoms. The lowest BCUT2D eigenvalue weighted by atomic mass is 10.1. The van der Waals surface area contributed by atoms with Gasteiger partial charge in [-0.1, -0.05) is 24.3 Å². The molecular formula is C13H13NO4. The molecule has 94 valence electrons. The van der Waals surface area contributed by atoms with Crippen LogP contribution in [0.3, 0.4) is 0 Å². The maximum atomic E-state index is 11.1. The lowest BCUT2D eigenvalue weighted by Crippen LogP contribution is -2.29. The SMILES string of the molecule is COC(=O)C(O)C(O)c1ccc2ccccc2n1. The van der Waals surface area contributed by atoms with Crippen LogP contribution in [-0.2, 0) is 9.53 Å². The van der Waals surface area contributed by atoms with Crippen LogP contribution in [0.5, 0.6) is 0 Å². The number of methoxy groups -OCH3 is 1. The zero-order valence-corrected chi connectivity index (χ0v) is 9.78. The van der Waals surface area contributed by atoms with Crippen molar-refractivity contribution in [3.05, 3.63) is 42.1 Å². The number of aliphatic hydroxyl groups is 2. The van der Waals surface area contributed by atoms with E-state index in [1.165, 1.54) is 0 Å². The molecule has 5 heteroatoms. The van der Waals surface area contributed by atoms with Gasteiger partial charge >= 0.3 is 5.97 Å². The Bertz CT molecular complexity index is 570. The molecule has 1 heterocycles. The lowest BCUT2D eigenvalue weighted by Gasteiger charge is -2.15. The number of para-hydroxylation sites is 1. The highest BCUT2D eigenvalue weighted by Gasteiger charge is 2.27. The Hall–Kier alpha value is -1.98. The Morgan fingerprint density at radius 1 is 1.22 bits per heavy atom. The maximum Gasteiger partial charge on any atom is 0.337 e. The Kier molecular flexibility index (Phi) is 3.55. The summed E-state index contributed by atoms with van der Waals surface area (Å²) in [5, 5.41) is 20.3. The summed E-state index contributed by atoms with van der Waals surface area (Å²) in [5.74, 6) is -0.891. The van der Waals surface area contributed by atoms with Crippen molar-refractivity contribution in [2.75, 3.05) is 7.11 Å². The van der Waals surface area contributed by atoms with Gasteiger partial charge in [0.25, 0.3) is 0 Å². The highest BCUT2D eigenvalue weighted by molar-refractivity contribution is 5.79. The van der Waals surface area contributed by atoms with Crippen LogP contribution < -0.4 is 0 Å². The van der Waals surface area contributed by atoms with E-state index in [0.29, 0.717) is 5.52 Å². The first kappa shape index (κ1) is 12.5. The van der Waals surface area contributed by atoms with Crippen molar-refractivity contribution in [1.29, 1.82) is 0 Å². The third kappa shape index (κ3) is 2.32. The van der Waals surface area contributed by atoms with Crippen molar-refractivity contribution in [2.45, 2.75) is 12.2 Å². The molecule has 0 saturated heterocycles. The fourth-order valence-corrected chi connectivity index (χ4v) is 1.66. The topological polar surface area (TPSA) is 79.7 Å². The summed E-state index contributed by atoms with van der Waals surface area (Å²) in [6.07, 6.45) is -3.04. The lowest BCUT2D eigenvalue weighted by molar-refractivity contribution is -0.157. The Balaban J connectivity index is 2.33. The average Bonchev–Trinajstić information content (AvgIpc) is 2.44. The Morgan fingerprint density at radius 3 is 2.67 bits per heavy atom. The number of aliphatic hydroxyl groups excluding tert-OH is 2. The van der Waals surface area contributed by atoms with Gasteiger partial charge < -0.3 is 14.9 Å². The summed E-state index contributed by atoms with van der Waals surface area (Å²) in [7, 11) is 1.14. The summed E-state index contributed by atoms with van der Waals surface area (Å²) in [6, 6.07) is 10.7. The molecule has 0 radical (unpaired) electrons. The molecule has 1 aromatic carbocycles. The minimum atomic E-state index is -1.64. The van der Waals surface area contributed by atoms with Gasteiger partial charge in [0.15, 0.2) is 6.10 Å². The highest BCUT2D eigenvalue weighted by Crippen LogP contribution is 2.19. The molecule has 0 amide bonds. The van der Waals surface area contributed by atoms with E-state index in [-0.39, 0.29) is 5.69 Å². The van der Waals surface area contributed by atoms with Gasteiger partial charge in [-0.3, -0.25) is 0 Å². The van der Waals surface area contributed by atoms with Crippen LogP contribution >= 0.6 is 0 Å². The number of carbonyl (C=O) groups excluding carboxylic acids is 1. The van der Waals surface area contributed by atoms with Crippen molar-refractivity contribution in [2.24, 2.45) is 0 Å². The van der Waals surface area contributed by atoms with Gasteiger partial charge in [0, 0.05) is 5.39 Å². The quantitative estimate of drug-likeness (QED) is 0.784. The fraction of sp³-hybridized carbons (Fsp3) is 0.231. The summed E-state index contributed by atoms with van der Waals surface area (Å²) in [6.45, 7) is 0. The van der Waals surface area contributed by atoms with Gasteiger partial charge in [-0.25, -0.2) is 9.78 Å². The molecule has 2 N–H and O–H groups in total. The largest absolute Gasteiger partial charge is 0.467 e. The standard InChI is InChI=1S/C13H13NO4/c1-18-13(17)12(16)11(15)10-7-6-8-4-2-3-5-9(8)14-10/h2-7,11-12,15-16H,1H3. The number of benzene rings is 1. The van der Waals surface area contributed by atoms with E-state index in [2.05, 4.69) is 9.72 Å². The molecule has 0 aliphatic heterocycles. The summed E-state index contributed by atoms with van der Waals surface area (Å²) in [4.78, 5) is 15.3. The number of ether oxygens (including phenoxy) is 1. The van der Waals surface area contributed by atoms with Crippen molar-refractivity contribution < 1.29 is 19.7 Å². The van der Waals surface area contributed by atoms with E-state index >= 15 is 0 Å². The molecule has 2 aromatic rings. The molecule has 2 atom stereocenters. The zero-order chi connectivity index (χ0) is 13.1. The van der Waals surface area contributed by atoms with Crippen LogP contribution in [0.25, 0.3) is 10.9 Å². The number of fused-ring (bicyclic) bond motifs is 1. The van der Waals surface area contributed by atoms with Crippen molar-refractivity contribution in [3.8, 4) is 0 Å². The Labute approximate surface area is 104 Å². The molecule has 0 saturated carbocycles. The minimum Gasteiger partial charge on any atom is -0.467 e. The number of nitrogens with zero attached hydrogens (tertiary/aromatic N) is 1. The number of aromatic nitrogens is 1. The van der Waals surface area contributed by atoms with E-state index in [1.54, 1.807) is 18.2 Å². The van der Waals surface area contributed by atoms with Gasteiger partial charge in [0.05, 0.1) is 18.3 Å². The third-order valence-corrected chi connectivity index (χ3v) is 2.66. The molecule has 0 fully saturated rings. The molecule has 1 aromatic heterocycles. The highest BCUT2D eigenvalue weighted by atomic mass is 16.5. The fourth-order valence-electron chi connectivity index (χ4n) is 1.66. The number of pyridine rings is 1. The second kappa shape index (κ2) is 5.12. The average molecular weight is 247 g/mol. The van der Waals surface area contributed by atoms with Crippen LogP contribution in [0.4, 0.5) is 0 Å². The molecule has 0 aliphatic carbocycles. The predicted octanol–water partition coefficient (Wildman–Crippen LogP) is 0.802. The van der Waals surface area contributed by atoms with Crippen molar-refractivity contribution in [3.63, 3.8) is 0 Å². The second-order valence-corrected chi connectivity index (χ2v) is 3.84. The summed E-state index contributed by atoms with van der Waals surface area (Å²) in [5.41, 5.74) is 0.915. The Morgan fingerprint density at radius 2 is 1.94 bits per heavy atom. The number of hydrogen-bond acceptors (Lipinski definition) is 5. The normalized spacial score (nSPS) is 14.2. The third-order valence-electron chi connectivity index (χ3n) is 2.66. The van der Waals surface area contributed by atoms with Gasteiger partial charge in [0.1, 0.15) is 6.10 Å². The first-order valence-corrected chi connectivity index (χ1v) is 5.43. The van der Waals surface area contributed by atoms with Crippen molar-refractivity contribution in [1.82, 2.24) is 4.98 Å². The molecular weight excluding hydrogens is 234 g/mol.